The Kier molecular flexibility index (Phi) is 8.75. The highest BCUT2D eigenvalue weighted by Crippen LogP contribution is 2.36. The molecule has 10 heteroatoms. The number of hydrogen-bond acceptors (Lipinski definition) is 5. The lowest BCUT2D eigenvalue weighted by Gasteiger charge is -2.27. The molecule has 0 aliphatic carbocycles. The van der Waals surface area contributed by atoms with Gasteiger partial charge in [-0.1, -0.05) is 35.3 Å². The van der Waals surface area contributed by atoms with Crippen molar-refractivity contribution in [1.29, 1.82) is 0 Å². The number of nitrogens with one attached hydrogen (secondary N) is 1. The van der Waals surface area contributed by atoms with E-state index >= 15 is 0 Å². The molecule has 1 aliphatic rings. The molecule has 1 aliphatic heterocycles. The fraction of sp³-hybridized carbons (Fsp3) is 0.174. The summed E-state index contributed by atoms with van der Waals surface area (Å²) in [6.45, 7) is 6.32. The molecule has 6 nitrogen and oxygen atoms in total. The van der Waals surface area contributed by atoms with Gasteiger partial charge in [0.2, 0.25) is 0 Å². The van der Waals surface area contributed by atoms with Gasteiger partial charge in [-0.3, -0.25) is 19.8 Å². The lowest BCUT2D eigenvalue weighted by Crippen LogP contribution is -2.53. The molecule has 1 saturated heterocycles. The molecule has 2 aromatic rings. The van der Waals surface area contributed by atoms with E-state index in [1.807, 2.05) is 13.0 Å². The molecule has 2 amide bonds. The quantitative estimate of drug-likeness (QED) is 0.142. The first-order valence-electron chi connectivity index (χ1n) is 9.78. The zero-order valence-corrected chi connectivity index (χ0v) is 22.0. The number of hydrogen-bond donors (Lipinski definition) is 1. The Hall–Kier alpha value is -2.14. The zero-order chi connectivity index (χ0) is 24.1. The minimum absolute atomic E-state index is 0.0341. The molecule has 2 aromatic carbocycles. The number of carbonyl (C=O) groups is 2. The zero-order valence-electron chi connectivity index (χ0n) is 17.5. The van der Waals surface area contributed by atoms with Crippen LogP contribution in [0.2, 0.25) is 10.0 Å². The summed E-state index contributed by atoms with van der Waals surface area (Å²) in [4.78, 5) is 26.5. The maximum atomic E-state index is 12.8. The van der Waals surface area contributed by atoms with Gasteiger partial charge in [-0.2, -0.15) is 0 Å². The molecular weight excluding hydrogens is 598 g/mol. The van der Waals surface area contributed by atoms with Crippen LogP contribution in [0, 0.1) is 3.57 Å². The number of benzene rings is 2. The van der Waals surface area contributed by atoms with Gasteiger partial charge in [0.15, 0.2) is 16.6 Å². The van der Waals surface area contributed by atoms with Gasteiger partial charge >= 0.3 is 0 Å². The lowest BCUT2D eigenvalue weighted by molar-refractivity contribution is -0.128. The van der Waals surface area contributed by atoms with Crippen LogP contribution in [0.5, 0.6) is 11.5 Å². The number of halogens is 3. The Morgan fingerprint density at radius 1 is 1.18 bits per heavy atom. The van der Waals surface area contributed by atoms with Crippen molar-refractivity contribution in [3.63, 3.8) is 0 Å². The molecule has 33 heavy (non-hydrogen) atoms. The predicted molar refractivity (Wildman–Crippen MR) is 142 cm³/mol. The van der Waals surface area contributed by atoms with E-state index < -0.39 is 11.8 Å². The summed E-state index contributed by atoms with van der Waals surface area (Å²) in [6.07, 6.45) is 3.04. The number of carbonyl (C=O) groups excluding carboxylic acids is 2. The van der Waals surface area contributed by atoms with E-state index in [9.17, 15) is 9.59 Å². The van der Waals surface area contributed by atoms with Crippen LogP contribution < -0.4 is 14.8 Å². The first kappa shape index (κ1) is 25.5. The third kappa shape index (κ3) is 6.06. The average Bonchev–Trinajstić information content (AvgIpc) is 2.76. The predicted octanol–water partition coefficient (Wildman–Crippen LogP) is 5.39. The Morgan fingerprint density at radius 2 is 1.94 bits per heavy atom. The number of amides is 2. The maximum Gasteiger partial charge on any atom is 0.265 e. The summed E-state index contributed by atoms with van der Waals surface area (Å²) < 4.78 is 12.5. The van der Waals surface area contributed by atoms with Crippen LogP contribution in [0.1, 0.15) is 18.1 Å². The summed E-state index contributed by atoms with van der Waals surface area (Å²) in [6, 6.07) is 8.79. The van der Waals surface area contributed by atoms with Gasteiger partial charge in [0.25, 0.3) is 11.8 Å². The van der Waals surface area contributed by atoms with Crippen LogP contribution in [0.15, 0.2) is 48.6 Å². The highest BCUT2D eigenvalue weighted by atomic mass is 127. The largest absolute Gasteiger partial charge is 0.490 e. The van der Waals surface area contributed by atoms with E-state index in [2.05, 4.69) is 34.5 Å². The normalized spacial score (nSPS) is 15.0. The minimum Gasteiger partial charge on any atom is -0.490 e. The molecule has 3 rings (SSSR count). The van der Waals surface area contributed by atoms with Gasteiger partial charge in [-0.25, -0.2) is 0 Å². The van der Waals surface area contributed by atoms with Crippen molar-refractivity contribution in [3.8, 4) is 11.5 Å². The van der Waals surface area contributed by atoms with E-state index in [-0.39, 0.29) is 23.8 Å². The molecular formula is C23H19Cl2IN2O4S. The van der Waals surface area contributed by atoms with E-state index in [1.165, 1.54) is 17.1 Å². The Labute approximate surface area is 220 Å². The molecule has 172 valence electrons. The lowest BCUT2D eigenvalue weighted by atomic mass is 10.1. The fourth-order valence-electron chi connectivity index (χ4n) is 3.01. The van der Waals surface area contributed by atoms with Gasteiger partial charge < -0.3 is 9.47 Å². The van der Waals surface area contributed by atoms with Crippen molar-refractivity contribution >= 4 is 81.0 Å². The summed E-state index contributed by atoms with van der Waals surface area (Å²) in [7, 11) is 0. The monoisotopic (exact) mass is 616 g/mol. The van der Waals surface area contributed by atoms with Crippen molar-refractivity contribution in [3.05, 3.63) is 73.3 Å². The van der Waals surface area contributed by atoms with Gasteiger partial charge in [0.05, 0.1) is 20.2 Å². The minimum atomic E-state index is -0.557. The van der Waals surface area contributed by atoms with Crippen LogP contribution in [0.25, 0.3) is 6.08 Å². The topological polar surface area (TPSA) is 67.9 Å². The first-order valence-corrected chi connectivity index (χ1v) is 12.0. The second kappa shape index (κ2) is 11.3. The highest BCUT2D eigenvalue weighted by molar-refractivity contribution is 14.1. The molecule has 0 radical (unpaired) electrons. The summed E-state index contributed by atoms with van der Waals surface area (Å²) >= 11 is 19.3. The van der Waals surface area contributed by atoms with Crippen molar-refractivity contribution in [1.82, 2.24) is 10.2 Å². The molecule has 0 unspecified atom stereocenters. The highest BCUT2D eigenvalue weighted by Gasteiger charge is 2.32. The standard InChI is InChI=1S/C23H19Cl2IN2O4S/c1-3-7-28-22(30)15(21(29)27-23(28)33)8-14-10-18(26)20(19(11-14)31-4-2)32-12-13-5-6-16(24)17(25)9-13/h3,5-6,8-11H,1,4,7,12H2,2H3,(H,27,29,33)/b15-8+. The van der Waals surface area contributed by atoms with E-state index in [0.717, 1.165) is 9.13 Å². The van der Waals surface area contributed by atoms with Crippen LogP contribution in [-0.2, 0) is 16.2 Å². The fourth-order valence-corrected chi connectivity index (χ4v) is 4.37. The van der Waals surface area contributed by atoms with Crippen molar-refractivity contribution in [2.75, 3.05) is 13.2 Å². The van der Waals surface area contributed by atoms with Crippen molar-refractivity contribution in [2.45, 2.75) is 13.5 Å². The molecule has 0 atom stereocenters. The van der Waals surface area contributed by atoms with Crippen LogP contribution >= 0.6 is 58.0 Å². The van der Waals surface area contributed by atoms with Crippen LogP contribution in [-0.4, -0.2) is 35.0 Å². The van der Waals surface area contributed by atoms with Gasteiger partial charge in [-0.05, 0) is 83.2 Å². The van der Waals surface area contributed by atoms with Crippen molar-refractivity contribution in [2.24, 2.45) is 0 Å². The summed E-state index contributed by atoms with van der Waals surface area (Å²) in [5, 5.41) is 3.50. The smallest absolute Gasteiger partial charge is 0.265 e. The number of rotatable bonds is 8. The summed E-state index contributed by atoms with van der Waals surface area (Å²) in [5.41, 5.74) is 1.42. The Morgan fingerprint density at radius 3 is 2.61 bits per heavy atom. The second-order valence-corrected chi connectivity index (χ2v) is 9.19. The third-order valence-electron chi connectivity index (χ3n) is 4.51. The number of nitrogens with zero attached hydrogens (tertiary/aromatic N) is 1. The van der Waals surface area contributed by atoms with Gasteiger partial charge in [0, 0.05) is 6.54 Å². The summed E-state index contributed by atoms with van der Waals surface area (Å²) in [5.74, 6) is -0.0206. The van der Waals surface area contributed by atoms with Gasteiger partial charge in [0.1, 0.15) is 12.2 Å². The van der Waals surface area contributed by atoms with E-state index in [4.69, 9.17) is 44.9 Å². The molecule has 1 fully saturated rings. The third-order valence-corrected chi connectivity index (χ3v) is 6.37. The first-order chi connectivity index (χ1) is 15.7. The number of thiocarbonyl (C=S) groups is 1. The molecule has 1 heterocycles. The molecule has 0 bridgehead atoms. The molecule has 0 spiro atoms. The average molecular weight is 617 g/mol. The van der Waals surface area contributed by atoms with E-state index in [0.29, 0.717) is 33.7 Å². The number of ether oxygens (including phenoxy) is 2. The molecule has 0 saturated carbocycles. The van der Waals surface area contributed by atoms with Crippen LogP contribution in [0.4, 0.5) is 0 Å². The van der Waals surface area contributed by atoms with Crippen LogP contribution in [0.3, 0.4) is 0 Å². The van der Waals surface area contributed by atoms with E-state index in [1.54, 1.807) is 24.3 Å². The molecule has 1 N–H and O–H groups in total. The second-order valence-electron chi connectivity index (χ2n) is 6.82. The SMILES string of the molecule is C=CCN1C(=O)/C(=C/c2cc(I)c(OCc3ccc(Cl)c(Cl)c3)c(OCC)c2)C(=O)NC1=S. The Balaban J connectivity index is 1.92. The van der Waals surface area contributed by atoms with Gasteiger partial charge in [-0.15, -0.1) is 6.58 Å². The van der Waals surface area contributed by atoms with Crippen molar-refractivity contribution < 1.29 is 19.1 Å². The Bertz CT molecular complexity index is 1170. The maximum absolute atomic E-state index is 12.8. The molecule has 0 aromatic heterocycles.